The van der Waals surface area contributed by atoms with Crippen molar-refractivity contribution in [3.8, 4) is 5.75 Å². The van der Waals surface area contributed by atoms with Crippen molar-refractivity contribution in [2.45, 2.75) is 57.4 Å². The molecule has 1 atom stereocenters. The molecule has 0 saturated carbocycles. The Morgan fingerprint density at radius 3 is 2.24 bits per heavy atom. The van der Waals surface area contributed by atoms with Gasteiger partial charge in [0.05, 0.1) is 6.54 Å². The molecule has 1 N–H and O–H groups in total. The highest BCUT2D eigenvalue weighted by Gasteiger charge is 2.56. The Balaban J connectivity index is 1.97. The van der Waals surface area contributed by atoms with Crippen LogP contribution in [0.5, 0.6) is 5.75 Å². The molecule has 0 radical (unpaired) electrons. The predicted molar refractivity (Wildman–Crippen MR) is 132 cm³/mol. The van der Waals surface area contributed by atoms with Crippen LogP contribution in [0.15, 0.2) is 42.5 Å². The number of carbonyl (C=O) groups is 2. The number of ether oxygens (including phenoxy) is 3. The molecule has 2 aromatic carbocycles. The van der Waals surface area contributed by atoms with E-state index in [1.807, 2.05) is 0 Å². The molecule has 0 aliphatic carbocycles. The Morgan fingerprint density at radius 1 is 0.976 bits per heavy atom. The van der Waals surface area contributed by atoms with Crippen molar-refractivity contribution in [1.82, 2.24) is 4.90 Å². The topological polar surface area (TPSA) is 85.3 Å². The van der Waals surface area contributed by atoms with Crippen molar-refractivity contribution in [2.24, 2.45) is 0 Å². The van der Waals surface area contributed by atoms with Crippen molar-refractivity contribution in [3.05, 3.63) is 65.2 Å². The van der Waals surface area contributed by atoms with Crippen LogP contribution in [0.4, 0.5) is 35.5 Å². The van der Waals surface area contributed by atoms with Crippen LogP contribution in [0.3, 0.4) is 0 Å². The number of carboxylic acids is 1. The van der Waals surface area contributed by atoms with Crippen LogP contribution in [-0.2, 0) is 27.3 Å². The van der Waals surface area contributed by atoms with Crippen LogP contribution >= 0.6 is 0 Å². The second kappa shape index (κ2) is 15.5. The quantitative estimate of drug-likeness (QED) is 0.179. The molecule has 1 amide bonds. The number of halogens is 7. The number of benzene rings is 2. The van der Waals surface area contributed by atoms with Gasteiger partial charge in [-0.1, -0.05) is 12.1 Å². The summed E-state index contributed by atoms with van der Waals surface area (Å²) in [4.78, 5) is 24.9. The van der Waals surface area contributed by atoms with Gasteiger partial charge in [0.25, 0.3) is 0 Å². The molecular weight excluding hydrogens is 567 g/mol. The van der Waals surface area contributed by atoms with Gasteiger partial charge in [-0.15, -0.1) is 0 Å². The zero-order chi connectivity index (χ0) is 30.6. The summed E-state index contributed by atoms with van der Waals surface area (Å²) in [5.74, 6) is -7.43. The van der Waals surface area contributed by atoms with E-state index in [0.29, 0.717) is 17.4 Å². The molecule has 41 heavy (non-hydrogen) atoms. The smallest absolute Gasteiger partial charge is 0.453 e. The maximum Gasteiger partial charge on any atom is 0.453 e. The van der Waals surface area contributed by atoms with E-state index in [0.717, 1.165) is 17.0 Å². The number of alkyl halides is 5. The summed E-state index contributed by atoms with van der Waals surface area (Å²) in [5, 5.41) is 9.20. The Kier molecular flexibility index (Phi) is 12.7. The van der Waals surface area contributed by atoms with E-state index >= 15 is 0 Å². The number of amides is 1. The van der Waals surface area contributed by atoms with Crippen molar-refractivity contribution in [1.29, 1.82) is 0 Å². The summed E-state index contributed by atoms with van der Waals surface area (Å²) >= 11 is 0. The average Bonchev–Trinajstić information content (AvgIpc) is 2.89. The first-order valence-electron chi connectivity index (χ1n) is 12.6. The number of carbonyl (C=O) groups excluding carboxylic acids is 1. The van der Waals surface area contributed by atoms with E-state index in [1.165, 1.54) is 0 Å². The number of nitrogens with zero attached hydrogens (tertiary/aromatic N) is 1. The minimum absolute atomic E-state index is 0.116. The molecule has 7 nitrogen and oxygen atoms in total. The maximum atomic E-state index is 13.9. The van der Waals surface area contributed by atoms with E-state index in [4.69, 9.17) is 14.2 Å². The van der Waals surface area contributed by atoms with Crippen LogP contribution in [0.2, 0.25) is 0 Å². The zero-order valence-electron chi connectivity index (χ0n) is 22.1. The second-order valence-corrected chi connectivity index (χ2v) is 8.92. The average molecular weight is 598 g/mol. The normalized spacial score (nSPS) is 12.6. The van der Waals surface area contributed by atoms with Crippen LogP contribution in [-0.4, -0.2) is 66.6 Å². The first-order chi connectivity index (χ1) is 19.2. The molecule has 0 saturated heterocycles. The third kappa shape index (κ3) is 11.1. The van der Waals surface area contributed by atoms with Crippen molar-refractivity contribution in [3.63, 3.8) is 0 Å². The molecule has 0 bridgehead atoms. The zero-order valence-corrected chi connectivity index (χ0v) is 22.1. The molecule has 0 spiro atoms. The summed E-state index contributed by atoms with van der Waals surface area (Å²) < 4.78 is 106. The van der Waals surface area contributed by atoms with E-state index < -0.39 is 61.3 Å². The van der Waals surface area contributed by atoms with Gasteiger partial charge in [-0.3, -0.25) is 0 Å². The summed E-state index contributed by atoms with van der Waals surface area (Å²) in [7, 11) is 0. The Morgan fingerprint density at radius 2 is 1.66 bits per heavy atom. The van der Waals surface area contributed by atoms with E-state index in [9.17, 15) is 45.4 Å². The predicted octanol–water partition coefficient (Wildman–Crippen LogP) is 6.38. The highest BCUT2D eigenvalue weighted by atomic mass is 19.4. The monoisotopic (exact) mass is 597 g/mol. The number of hydrogen-bond donors (Lipinski definition) is 1. The lowest BCUT2D eigenvalue weighted by Crippen LogP contribution is -2.37. The van der Waals surface area contributed by atoms with Crippen LogP contribution in [0.25, 0.3) is 0 Å². The lowest BCUT2D eigenvalue weighted by atomic mass is 10.1. The molecule has 0 aromatic heterocycles. The van der Waals surface area contributed by atoms with Crippen LogP contribution in [0.1, 0.15) is 37.3 Å². The largest absolute Gasteiger partial charge is 0.492 e. The minimum Gasteiger partial charge on any atom is -0.492 e. The molecule has 0 fully saturated rings. The van der Waals surface area contributed by atoms with Gasteiger partial charge >= 0.3 is 24.2 Å². The fourth-order valence-corrected chi connectivity index (χ4v) is 3.58. The molecule has 14 heteroatoms. The van der Waals surface area contributed by atoms with Gasteiger partial charge in [0.1, 0.15) is 30.6 Å². The van der Waals surface area contributed by atoms with E-state index in [1.54, 1.807) is 31.2 Å². The number of hydrogen-bond acceptors (Lipinski definition) is 5. The van der Waals surface area contributed by atoms with Crippen LogP contribution < -0.4 is 4.74 Å². The lowest BCUT2D eigenvalue weighted by molar-refractivity contribution is -0.284. The van der Waals surface area contributed by atoms with E-state index in [2.05, 4.69) is 0 Å². The first kappa shape index (κ1) is 33.7. The number of aliphatic carboxylic acids is 1. The highest BCUT2D eigenvalue weighted by molar-refractivity contribution is 5.72. The molecular formula is C27H30F7NO6. The molecule has 2 rings (SSSR count). The Hall–Kier alpha value is -3.55. The van der Waals surface area contributed by atoms with Gasteiger partial charge in [-0.05, 0) is 49.6 Å². The molecule has 1 unspecified atom stereocenters. The van der Waals surface area contributed by atoms with Crippen LogP contribution in [0, 0.1) is 11.6 Å². The standard InChI is InChI=1S/C27H30F7NO6/c1-2-39-23(24(36)37)15-18-5-9-21(10-6-18)40-14-13-35(12-4-3-11-26(30,31)27(32,33)34)25(38)41-17-19-7-8-20(28)16-22(19)29/h5-10,16,23H,2-4,11-15,17H2,1H3,(H,36,37). The fraction of sp³-hybridized carbons (Fsp3) is 0.481. The SMILES string of the molecule is CCOC(Cc1ccc(OCCN(CCCCC(F)(F)C(F)(F)F)C(=O)OCc2ccc(F)cc2F)cc1)C(=O)O. The van der Waals surface area contributed by atoms with Crippen molar-refractivity contribution < 1.29 is 59.6 Å². The first-order valence-corrected chi connectivity index (χ1v) is 12.6. The summed E-state index contributed by atoms with van der Waals surface area (Å²) in [6.45, 7) is 0.776. The van der Waals surface area contributed by atoms with Gasteiger partial charge in [0, 0.05) is 37.6 Å². The van der Waals surface area contributed by atoms with Gasteiger partial charge in [0.2, 0.25) is 0 Å². The summed E-state index contributed by atoms with van der Waals surface area (Å²) in [5.41, 5.74) is 0.530. The minimum atomic E-state index is -5.69. The van der Waals surface area contributed by atoms with Gasteiger partial charge in [0.15, 0.2) is 6.10 Å². The second-order valence-electron chi connectivity index (χ2n) is 8.92. The number of rotatable bonds is 16. The molecule has 0 heterocycles. The Labute approximate surface area is 231 Å². The highest BCUT2D eigenvalue weighted by Crippen LogP contribution is 2.39. The third-order valence-corrected chi connectivity index (χ3v) is 5.83. The maximum absolute atomic E-state index is 13.9. The lowest BCUT2D eigenvalue weighted by Gasteiger charge is -2.23. The van der Waals surface area contributed by atoms with Gasteiger partial charge in [-0.25, -0.2) is 18.4 Å². The number of carboxylic acid groups (broad SMARTS) is 1. The molecule has 0 aliphatic rings. The van der Waals surface area contributed by atoms with Crippen molar-refractivity contribution in [2.75, 3.05) is 26.3 Å². The van der Waals surface area contributed by atoms with Crippen molar-refractivity contribution >= 4 is 12.1 Å². The summed E-state index contributed by atoms with van der Waals surface area (Å²) in [6, 6.07) is 8.98. The molecule has 228 valence electrons. The van der Waals surface area contributed by atoms with E-state index in [-0.39, 0.29) is 44.7 Å². The number of unbranched alkanes of at least 4 members (excludes halogenated alkanes) is 1. The molecule has 2 aromatic rings. The Bertz CT molecular complexity index is 1130. The summed E-state index contributed by atoms with van der Waals surface area (Å²) in [6.07, 6.45) is -9.84. The molecule has 0 aliphatic heterocycles. The third-order valence-electron chi connectivity index (χ3n) is 5.83. The fourth-order valence-electron chi connectivity index (χ4n) is 3.58. The van der Waals surface area contributed by atoms with Gasteiger partial charge in [-0.2, -0.15) is 22.0 Å². The van der Waals surface area contributed by atoms with Gasteiger partial charge < -0.3 is 24.2 Å².